The molecule has 3 rings (SSSR count). The summed E-state index contributed by atoms with van der Waals surface area (Å²) in [6, 6.07) is 12.2. The highest BCUT2D eigenvalue weighted by Crippen LogP contribution is 2.20. The Bertz CT molecular complexity index is 923. The lowest BCUT2D eigenvalue weighted by Crippen LogP contribution is -1.94. The summed E-state index contributed by atoms with van der Waals surface area (Å²) in [6.07, 6.45) is 2.52. The van der Waals surface area contributed by atoms with Crippen LogP contribution in [0.25, 0.3) is 0 Å². The third-order valence-electron chi connectivity index (χ3n) is 3.33. The maximum Gasteiger partial charge on any atom is 0.184 e. The van der Waals surface area contributed by atoms with Crippen molar-refractivity contribution in [2.24, 2.45) is 9.98 Å². The maximum atomic E-state index is 13.6. The Morgan fingerprint density at radius 3 is 1.50 bits per heavy atom. The molecule has 0 saturated heterocycles. The van der Waals surface area contributed by atoms with E-state index < -0.39 is 23.3 Å². The van der Waals surface area contributed by atoms with Crippen molar-refractivity contribution in [3.63, 3.8) is 0 Å². The number of rotatable bonds is 4. The summed E-state index contributed by atoms with van der Waals surface area (Å²) in [7, 11) is 0. The van der Waals surface area contributed by atoms with Gasteiger partial charge in [0.25, 0.3) is 0 Å². The van der Waals surface area contributed by atoms with E-state index >= 15 is 0 Å². The molecule has 0 aliphatic heterocycles. The number of pyridine rings is 1. The third-order valence-corrected chi connectivity index (χ3v) is 3.33. The summed E-state index contributed by atoms with van der Waals surface area (Å²) in [4.78, 5) is 11.9. The Hall–Kier alpha value is -3.35. The molecule has 0 aliphatic carbocycles. The van der Waals surface area contributed by atoms with Crippen LogP contribution in [0.3, 0.4) is 0 Å². The van der Waals surface area contributed by atoms with E-state index in [9.17, 15) is 17.6 Å². The average Bonchev–Trinajstić information content (AvgIpc) is 2.64. The number of aliphatic imine (C=N–C) groups is 2. The zero-order valence-electron chi connectivity index (χ0n) is 13.2. The van der Waals surface area contributed by atoms with Crippen LogP contribution in [0.5, 0.6) is 0 Å². The molecule has 1 aromatic heterocycles. The largest absolute Gasteiger partial charge is 0.251 e. The van der Waals surface area contributed by atoms with Gasteiger partial charge in [0.1, 0.15) is 11.4 Å². The summed E-state index contributed by atoms with van der Waals surface area (Å²) in [5, 5.41) is 0. The summed E-state index contributed by atoms with van der Waals surface area (Å²) in [6.45, 7) is 0. The lowest BCUT2D eigenvalue weighted by Gasteiger charge is -1.99. The molecule has 0 fully saturated rings. The second-order valence-corrected chi connectivity index (χ2v) is 5.15. The van der Waals surface area contributed by atoms with Gasteiger partial charge in [0.2, 0.25) is 0 Å². The molecular formula is C19H11F4N3. The molecule has 0 aliphatic rings. The van der Waals surface area contributed by atoms with E-state index in [1.54, 1.807) is 18.2 Å². The second-order valence-electron chi connectivity index (χ2n) is 5.15. The van der Waals surface area contributed by atoms with E-state index in [0.29, 0.717) is 11.4 Å². The first-order valence-electron chi connectivity index (χ1n) is 7.48. The number of aromatic nitrogens is 1. The van der Waals surface area contributed by atoms with Gasteiger partial charge in [-0.15, -0.1) is 0 Å². The van der Waals surface area contributed by atoms with Crippen molar-refractivity contribution in [3.05, 3.63) is 89.3 Å². The zero-order chi connectivity index (χ0) is 18.5. The van der Waals surface area contributed by atoms with Gasteiger partial charge in [-0.1, -0.05) is 18.2 Å². The Balaban J connectivity index is 1.82. The van der Waals surface area contributed by atoms with Gasteiger partial charge >= 0.3 is 0 Å². The van der Waals surface area contributed by atoms with E-state index in [2.05, 4.69) is 15.0 Å². The molecule has 0 atom stereocenters. The SMILES string of the molecule is Fc1cccc(N=Cc2cccc(C=Nc3cccc(F)c3F)n2)c1F. The van der Waals surface area contributed by atoms with Crippen LogP contribution in [0.1, 0.15) is 11.4 Å². The Morgan fingerprint density at radius 1 is 0.615 bits per heavy atom. The number of hydrogen-bond acceptors (Lipinski definition) is 3. The predicted molar refractivity (Wildman–Crippen MR) is 91.5 cm³/mol. The standard InChI is InChI=1S/C19H11F4N3/c20-14-6-2-8-16(18(14)22)24-10-12-4-1-5-13(26-12)11-25-17-9-3-7-15(21)19(17)23/h1-11H. The van der Waals surface area contributed by atoms with Gasteiger partial charge in [-0.3, -0.25) is 9.98 Å². The normalized spacial score (nSPS) is 11.5. The average molecular weight is 357 g/mol. The van der Waals surface area contributed by atoms with Crippen molar-refractivity contribution < 1.29 is 17.6 Å². The molecular weight excluding hydrogens is 346 g/mol. The van der Waals surface area contributed by atoms with Gasteiger partial charge in [-0.25, -0.2) is 22.5 Å². The van der Waals surface area contributed by atoms with E-state index in [0.717, 1.165) is 12.1 Å². The molecule has 7 heteroatoms. The fourth-order valence-electron chi connectivity index (χ4n) is 2.07. The quantitative estimate of drug-likeness (QED) is 0.471. The Kier molecular flexibility index (Phi) is 5.17. The van der Waals surface area contributed by atoms with Crippen LogP contribution in [0.4, 0.5) is 28.9 Å². The highest BCUT2D eigenvalue weighted by molar-refractivity contribution is 5.84. The van der Waals surface area contributed by atoms with E-state index in [-0.39, 0.29) is 11.4 Å². The lowest BCUT2D eigenvalue weighted by atomic mass is 10.3. The van der Waals surface area contributed by atoms with E-state index in [4.69, 9.17) is 0 Å². The van der Waals surface area contributed by atoms with Crippen molar-refractivity contribution in [1.29, 1.82) is 0 Å². The highest BCUT2D eigenvalue weighted by atomic mass is 19.2. The van der Waals surface area contributed by atoms with Crippen LogP contribution in [0.15, 0.2) is 64.6 Å². The first-order chi connectivity index (χ1) is 12.5. The van der Waals surface area contributed by atoms with Crippen LogP contribution in [-0.2, 0) is 0 Å². The van der Waals surface area contributed by atoms with Gasteiger partial charge in [0.15, 0.2) is 23.3 Å². The lowest BCUT2D eigenvalue weighted by molar-refractivity contribution is 0.510. The molecule has 0 amide bonds. The van der Waals surface area contributed by atoms with Crippen LogP contribution >= 0.6 is 0 Å². The minimum atomic E-state index is -1.05. The number of hydrogen-bond donors (Lipinski definition) is 0. The molecule has 130 valence electrons. The first kappa shape index (κ1) is 17.5. The van der Waals surface area contributed by atoms with Gasteiger partial charge < -0.3 is 0 Å². The van der Waals surface area contributed by atoms with Crippen molar-refractivity contribution >= 4 is 23.8 Å². The molecule has 3 aromatic rings. The summed E-state index contributed by atoms with van der Waals surface area (Å²) in [5.41, 5.74) is 0.398. The highest BCUT2D eigenvalue weighted by Gasteiger charge is 2.06. The molecule has 0 radical (unpaired) electrons. The van der Waals surface area contributed by atoms with Crippen LogP contribution in [0.2, 0.25) is 0 Å². The molecule has 0 unspecified atom stereocenters. The summed E-state index contributed by atoms with van der Waals surface area (Å²) in [5.74, 6) is -4.10. The minimum Gasteiger partial charge on any atom is -0.251 e. The molecule has 0 saturated carbocycles. The minimum absolute atomic E-state index is 0.160. The van der Waals surface area contributed by atoms with Crippen molar-refractivity contribution in [3.8, 4) is 0 Å². The topological polar surface area (TPSA) is 37.6 Å². The molecule has 2 aromatic carbocycles. The van der Waals surface area contributed by atoms with Gasteiger partial charge in [0, 0.05) is 0 Å². The fourth-order valence-corrected chi connectivity index (χ4v) is 2.07. The van der Waals surface area contributed by atoms with Crippen molar-refractivity contribution in [2.45, 2.75) is 0 Å². The van der Waals surface area contributed by atoms with Crippen LogP contribution in [0, 0.1) is 23.3 Å². The Morgan fingerprint density at radius 2 is 1.04 bits per heavy atom. The third kappa shape index (κ3) is 4.00. The van der Waals surface area contributed by atoms with Gasteiger partial charge in [0.05, 0.1) is 23.8 Å². The number of nitrogens with zero attached hydrogens (tertiary/aromatic N) is 3. The number of benzene rings is 2. The molecule has 1 heterocycles. The van der Waals surface area contributed by atoms with Crippen LogP contribution in [-0.4, -0.2) is 17.4 Å². The number of halogens is 4. The predicted octanol–water partition coefficient (Wildman–Crippen LogP) is 5.14. The van der Waals surface area contributed by atoms with E-state index in [1.807, 2.05) is 0 Å². The fraction of sp³-hybridized carbons (Fsp3) is 0. The summed E-state index contributed by atoms with van der Waals surface area (Å²) >= 11 is 0. The van der Waals surface area contributed by atoms with Crippen molar-refractivity contribution in [2.75, 3.05) is 0 Å². The van der Waals surface area contributed by atoms with Gasteiger partial charge in [-0.2, -0.15) is 0 Å². The monoisotopic (exact) mass is 357 g/mol. The van der Waals surface area contributed by atoms with Crippen molar-refractivity contribution in [1.82, 2.24) is 4.98 Å². The smallest absolute Gasteiger partial charge is 0.184 e. The maximum absolute atomic E-state index is 13.6. The zero-order valence-corrected chi connectivity index (χ0v) is 13.2. The molecule has 3 nitrogen and oxygen atoms in total. The Labute approximate surface area is 146 Å². The van der Waals surface area contributed by atoms with Gasteiger partial charge in [-0.05, 0) is 36.4 Å². The molecule has 0 bridgehead atoms. The molecule has 26 heavy (non-hydrogen) atoms. The first-order valence-corrected chi connectivity index (χ1v) is 7.48. The second kappa shape index (κ2) is 7.69. The summed E-state index contributed by atoms with van der Waals surface area (Å²) < 4.78 is 53.4. The van der Waals surface area contributed by atoms with Crippen LogP contribution < -0.4 is 0 Å². The molecule has 0 N–H and O–H groups in total. The van der Waals surface area contributed by atoms with E-state index in [1.165, 1.54) is 36.7 Å². The molecule has 0 spiro atoms.